The molecule has 2 nitrogen and oxygen atoms in total. The fourth-order valence-corrected chi connectivity index (χ4v) is 2.30. The van der Waals surface area contributed by atoms with Gasteiger partial charge in [0.1, 0.15) is 11.9 Å². The van der Waals surface area contributed by atoms with Gasteiger partial charge in [0.2, 0.25) is 0 Å². The summed E-state index contributed by atoms with van der Waals surface area (Å²) in [7, 11) is 0. The Kier molecular flexibility index (Phi) is 4.26. The Morgan fingerprint density at radius 3 is 2.94 bits per heavy atom. The van der Waals surface area contributed by atoms with Crippen molar-refractivity contribution in [2.24, 2.45) is 5.92 Å². The van der Waals surface area contributed by atoms with Crippen molar-refractivity contribution in [1.82, 2.24) is 0 Å². The minimum atomic E-state index is -0.462. The number of ether oxygens (including phenoxy) is 1. The molecule has 1 fully saturated rings. The number of hydrogen-bond donors (Lipinski definition) is 0. The Hall–Kier alpha value is -1.48. The number of carbonyl (C=O) groups excluding carboxylic acids is 1. The predicted molar refractivity (Wildman–Crippen MR) is 67.5 cm³/mol. The van der Waals surface area contributed by atoms with Crippen LogP contribution in [0.1, 0.15) is 24.8 Å². The lowest BCUT2D eigenvalue weighted by molar-refractivity contribution is -0.137. The quantitative estimate of drug-likeness (QED) is 0.764. The first-order valence-corrected chi connectivity index (χ1v) is 6.22. The summed E-state index contributed by atoms with van der Waals surface area (Å²) >= 11 is 0. The molecular formula is C15H17FO2. The van der Waals surface area contributed by atoms with Crippen molar-refractivity contribution >= 4 is 5.78 Å². The molecule has 0 saturated heterocycles. The zero-order chi connectivity index (χ0) is 13.0. The molecule has 0 spiro atoms. The summed E-state index contributed by atoms with van der Waals surface area (Å²) in [5, 5.41) is 0. The van der Waals surface area contributed by atoms with Crippen LogP contribution in [-0.4, -0.2) is 11.9 Å². The Labute approximate surface area is 106 Å². The van der Waals surface area contributed by atoms with Gasteiger partial charge in [-0.3, -0.25) is 4.79 Å². The molecule has 0 amide bonds. The molecule has 2 rings (SSSR count). The molecule has 0 aromatic heterocycles. The maximum atomic E-state index is 13.4. The Bertz CT molecular complexity index is 442. The van der Waals surface area contributed by atoms with Gasteiger partial charge in [0.15, 0.2) is 5.78 Å². The van der Waals surface area contributed by atoms with E-state index in [2.05, 4.69) is 6.58 Å². The molecule has 0 aliphatic heterocycles. The molecule has 18 heavy (non-hydrogen) atoms. The van der Waals surface area contributed by atoms with Gasteiger partial charge < -0.3 is 4.74 Å². The van der Waals surface area contributed by atoms with Crippen molar-refractivity contribution in [3.63, 3.8) is 0 Å². The van der Waals surface area contributed by atoms with E-state index < -0.39 is 6.10 Å². The number of hydrogen-bond acceptors (Lipinski definition) is 2. The highest BCUT2D eigenvalue weighted by Gasteiger charge is 2.30. The minimum absolute atomic E-state index is 0.0537. The Morgan fingerprint density at radius 1 is 1.44 bits per heavy atom. The minimum Gasteiger partial charge on any atom is -0.365 e. The Balaban J connectivity index is 2.02. The van der Waals surface area contributed by atoms with Gasteiger partial charge in [0.05, 0.1) is 6.61 Å². The van der Waals surface area contributed by atoms with Crippen molar-refractivity contribution in [2.75, 3.05) is 0 Å². The number of rotatable bonds is 4. The first-order valence-electron chi connectivity index (χ1n) is 6.22. The van der Waals surface area contributed by atoms with Crippen LogP contribution in [0, 0.1) is 11.7 Å². The number of Topliss-reactive ketones (excluding diaryl/α,β-unsaturated/α-hetero) is 1. The fourth-order valence-electron chi connectivity index (χ4n) is 2.30. The first-order chi connectivity index (χ1) is 8.72. The highest BCUT2D eigenvalue weighted by Crippen LogP contribution is 2.26. The Morgan fingerprint density at radius 2 is 2.22 bits per heavy atom. The van der Waals surface area contributed by atoms with E-state index in [1.165, 1.54) is 6.07 Å². The molecule has 0 bridgehead atoms. The van der Waals surface area contributed by atoms with Gasteiger partial charge in [-0.25, -0.2) is 4.39 Å². The molecule has 2 unspecified atom stereocenters. The summed E-state index contributed by atoms with van der Waals surface area (Å²) in [6.07, 6.45) is 3.65. The maximum Gasteiger partial charge on any atom is 0.162 e. The third kappa shape index (κ3) is 2.85. The molecule has 96 valence electrons. The summed E-state index contributed by atoms with van der Waals surface area (Å²) < 4.78 is 19.0. The van der Waals surface area contributed by atoms with Gasteiger partial charge in [0, 0.05) is 17.9 Å². The molecule has 2 atom stereocenters. The van der Waals surface area contributed by atoms with Crippen LogP contribution in [0.15, 0.2) is 36.9 Å². The van der Waals surface area contributed by atoms with E-state index in [9.17, 15) is 9.18 Å². The van der Waals surface area contributed by atoms with Crippen LogP contribution in [-0.2, 0) is 16.1 Å². The lowest BCUT2D eigenvalue weighted by atomic mass is 9.85. The van der Waals surface area contributed by atoms with Crippen molar-refractivity contribution in [3.8, 4) is 0 Å². The summed E-state index contributed by atoms with van der Waals surface area (Å²) in [5.41, 5.74) is 0.485. The van der Waals surface area contributed by atoms with Gasteiger partial charge in [0.25, 0.3) is 0 Å². The topological polar surface area (TPSA) is 26.3 Å². The normalized spacial score (nSPS) is 23.9. The van der Waals surface area contributed by atoms with Crippen LogP contribution in [0.3, 0.4) is 0 Å². The SMILES string of the molecule is C=CC1CCCC(=O)C1OCc1ccccc1F. The average molecular weight is 248 g/mol. The van der Waals surface area contributed by atoms with Crippen molar-refractivity contribution in [2.45, 2.75) is 32.0 Å². The van der Waals surface area contributed by atoms with Crippen molar-refractivity contribution in [1.29, 1.82) is 0 Å². The van der Waals surface area contributed by atoms with Crippen molar-refractivity contribution < 1.29 is 13.9 Å². The average Bonchev–Trinajstić information content (AvgIpc) is 2.39. The third-order valence-corrected chi connectivity index (χ3v) is 3.35. The molecule has 3 heteroatoms. The number of ketones is 1. The van der Waals surface area contributed by atoms with E-state index >= 15 is 0 Å². The molecule has 1 aliphatic rings. The first kappa shape index (κ1) is 13.0. The molecule has 0 radical (unpaired) electrons. The number of carbonyl (C=O) groups is 1. The molecule has 1 aliphatic carbocycles. The predicted octanol–water partition coefficient (Wildman–Crippen LogP) is 3.27. The van der Waals surface area contributed by atoms with Gasteiger partial charge in [-0.15, -0.1) is 6.58 Å². The van der Waals surface area contributed by atoms with E-state index in [0.717, 1.165) is 12.8 Å². The van der Waals surface area contributed by atoms with Crippen LogP contribution in [0.4, 0.5) is 4.39 Å². The largest absolute Gasteiger partial charge is 0.365 e. The zero-order valence-corrected chi connectivity index (χ0v) is 10.3. The van der Waals surface area contributed by atoms with Crippen LogP contribution in [0.5, 0.6) is 0 Å². The lowest BCUT2D eigenvalue weighted by Gasteiger charge is -2.28. The van der Waals surface area contributed by atoms with Crippen LogP contribution >= 0.6 is 0 Å². The number of benzene rings is 1. The summed E-state index contributed by atoms with van der Waals surface area (Å²) in [5.74, 6) is -0.142. The smallest absolute Gasteiger partial charge is 0.162 e. The van der Waals surface area contributed by atoms with E-state index in [4.69, 9.17) is 4.74 Å². The van der Waals surface area contributed by atoms with E-state index in [1.807, 2.05) is 0 Å². The molecular weight excluding hydrogens is 231 g/mol. The van der Waals surface area contributed by atoms with Gasteiger partial charge >= 0.3 is 0 Å². The van der Waals surface area contributed by atoms with Crippen LogP contribution in [0.25, 0.3) is 0 Å². The third-order valence-electron chi connectivity index (χ3n) is 3.35. The second-order valence-corrected chi connectivity index (χ2v) is 4.58. The van der Waals surface area contributed by atoms with Gasteiger partial charge in [-0.1, -0.05) is 24.3 Å². The molecule has 1 aromatic carbocycles. The van der Waals surface area contributed by atoms with Crippen LogP contribution in [0.2, 0.25) is 0 Å². The summed E-state index contributed by atoms with van der Waals surface area (Å²) in [6, 6.07) is 6.46. The maximum absolute atomic E-state index is 13.4. The van der Waals surface area contributed by atoms with E-state index in [0.29, 0.717) is 12.0 Å². The van der Waals surface area contributed by atoms with Crippen LogP contribution < -0.4 is 0 Å². The second kappa shape index (κ2) is 5.91. The highest BCUT2D eigenvalue weighted by atomic mass is 19.1. The molecule has 1 aromatic rings. The van der Waals surface area contributed by atoms with Gasteiger partial charge in [-0.05, 0) is 18.9 Å². The highest BCUT2D eigenvalue weighted by molar-refractivity contribution is 5.84. The summed E-state index contributed by atoms with van der Waals surface area (Å²) in [6.45, 7) is 3.87. The van der Waals surface area contributed by atoms with E-state index in [-0.39, 0.29) is 24.1 Å². The number of halogens is 1. The molecule has 1 saturated carbocycles. The molecule has 0 N–H and O–H groups in total. The van der Waals surface area contributed by atoms with E-state index in [1.54, 1.807) is 24.3 Å². The molecule has 0 heterocycles. The fraction of sp³-hybridized carbons (Fsp3) is 0.400. The second-order valence-electron chi connectivity index (χ2n) is 4.58. The monoisotopic (exact) mass is 248 g/mol. The van der Waals surface area contributed by atoms with Crippen molar-refractivity contribution in [3.05, 3.63) is 48.3 Å². The lowest BCUT2D eigenvalue weighted by Crippen LogP contribution is -2.35. The van der Waals surface area contributed by atoms with Gasteiger partial charge in [-0.2, -0.15) is 0 Å². The zero-order valence-electron chi connectivity index (χ0n) is 10.3. The summed E-state index contributed by atoms with van der Waals surface area (Å²) in [4.78, 5) is 11.8. The standard InChI is InChI=1S/C15H17FO2/c1-2-11-7-5-9-14(17)15(11)18-10-12-6-3-4-8-13(12)16/h2-4,6,8,11,15H,1,5,7,9-10H2.